The number of imidazole rings is 1. The summed E-state index contributed by atoms with van der Waals surface area (Å²) in [5.41, 5.74) is 33.5. The topological polar surface area (TPSA) is 745 Å². The number of rotatable bonds is 37. The Bertz CT molecular complexity index is 3780. The molecule has 4 aliphatic rings. The second-order valence-electron chi connectivity index (χ2n) is 26.8. The van der Waals surface area contributed by atoms with Gasteiger partial charge in [0.1, 0.15) is 112 Å². The zero-order chi connectivity index (χ0) is 81.6. The first-order chi connectivity index (χ1) is 52.5. The molecule has 8 amide bonds. The van der Waals surface area contributed by atoms with Crippen molar-refractivity contribution in [3.8, 4) is 10.7 Å². The van der Waals surface area contributed by atoms with Gasteiger partial charge in [-0.25, -0.2) is 29.7 Å². The average Bonchev–Trinajstić information content (AvgIpc) is 1.18. The number of anilines is 1. The van der Waals surface area contributed by atoms with Gasteiger partial charge in [-0.15, -0.1) is 22.7 Å². The van der Waals surface area contributed by atoms with Crippen LogP contribution >= 0.6 is 22.7 Å². The maximum Gasteiger partial charge on any atom is 0.404 e. The molecule has 111 heavy (non-hydrogen) atoms. The summed E-state index contributed by atoms with van der Waals surface area (Å²) in [5.74, 6) is -8.27. The van der Waals surface area contributed by atoms with E-state index in [-0.39, 0.29) is 38.7 Å². The van der Waals surface area contributed by atoms with E-state index in [9.17, 15) is 84.9 Å². The van der Waals surface area contributed by atoms with Crippen molar-refractivity contribution in [2.24, 2.45) is 28.7 Å². The minimum absolute atomic E-state index is 0.0857. The van der Waals surface area contributed by atoms with Crippen LogP contribution in [-0.2, 0) is 61.9 Å². The minimum atomic E-state index is -2.26. The Balaban J connectivity index is 1.05. The zero-order valence-electron chi connectivity index (χ0n) is 60.5. The molecule has 0 aromatic carbocycles. The van der Waals surface area contributed by atoms with Crippen LogP contribution in [0.2, 0.25) is 0 Å². The van der Waals surface area contributed by atoms with E-state index in [1.807, 2.05) is 0 Å². The number of aromatic amines is 1. The van der Waals surface area contributed by atoms with Crippen molar-refractivity contribution in [1.82, 2.24) is 66.7 Å². The summed E-state index contributed by atoms with van der Waals surface area (Å²) in [6.07, 6.45) is -37.1. The van der Waals surface area contributed by atoms with Gasteiger partial charge >= 0.3 is 6.09 Å². The number of carbonyl (C=O) groups excluding carboxylic acids is 8. The number of nitrogens with one attached hydrogen (secondary N) is 7. The lowest BCUT2D eigenvalue weighted by molar-refractivity contribution is -0.372. The number of nitrogens with two attached hydrogens (primary N) is 6. The van der Waals surface area contributed by atoms with Crippen LogP contribution in [0.1, 0.15) is 108 Å². The normalized spacial score (nSPS) is 28.5. The molecule has 30 N–H and O–H groups in total. The number of carbonyl (C=O) groups is 8. The second-order valence-corrected chi connectivity index (χ2v) is 28.6. The van der Waals surface area contributed by atoms with Gasteiger partial charge in [0.15, 0.2) is 37.3 Å². The molecule has 4 saturated heterocycles. The van der Waals surface area contributed by atoms with Crippen molar-refractivity contribution >= 4 is 75.9 Å². The number of ether oxygens (including phenoxy) is 8. The molecular weight excluding hydrogens is 1520 g/mol. The highest BCUT2D eigenvalue weighted by Crippen LogP contribution is 2.36. The Morgan fingerprint density at radius 1 is 0.766 bits per heavy atom. The third kappa shape index (κ3) is 22.7. The molecule has 0 spiro atoms. The highest BCUT2D eigenvalue weighted by atomic mass is 32.1. The van der Waals surface area contributed by atoms with E-state index in [1.165, 1.54) is 24.6 Å². The van der Waals surface area contributed by atoms with Crippen molar-refractivity contribution in [3.63, 3.8) is 0 Å². The molecule has 8 rings (SSSR count). The van der Waals surface area contributed by atoms with Crippen molar-refractivity contribution in [3.05, 3.63) is 56.8 Å². The van der Waals surface area contributed by atoms with E-state index in [2.05, 4.69) is 73.6 Å². The molecule has 4 aromatic rings. The summed E-state index contributed by atoms with van der Waals surface area (Å²) in [7, 11) is 0. The summed E-state index contributed by atoms with van der Waals surface area (Å²) in [6.45, 7) is 7.65. The molecule has 4 aromatic heterocycles. The van der Waals surface area contributed by atoms with E-state index < -0.39 is 250 Å². The number of H-pyrrole nitrogens is 1. The smallest absolute Gasteiger partial charge is 0.404 e. The van der Waals surface area contributed by atoms with Crippen LogP contribution in [0.4, 0.5) is 10.6 Å². The molecule has 618 valence electrons. The maximum atomic E-state index is 15.3. The van der Waals surface area contributed by atoms with Crippen LogP contribution in [0.25, 0.3) is 10.7 Å². The first-order valence-electron chi connectivity index (χ1n) is 34.9. The predicted octanol–water partition coefficient (Wildman–Crippen LogP) is -10.5. The lowest BCUT2D eigenvalue weighted by Gasteiger charge is -2.47. The van der Waals surface area contributed by atoms with Crippen LogP contribution in [0, 0.1) is 6.92 Å². The predicted molar refractivity (Wildman–Crippen MR) is 378 cm³/mol. The fraction of sp³-hybridized carbons (Fsp3) is 0.667. The third-order valence-electron chi connectivity index (χ3n) is 18.6. The van der Waals surface area contributed by atoms with Crippen molar-refractivity contribution in [2.45, 2.75) is 213 Å². The molecule has 48 heteroatoms. The quantitative estimate of drug-likeness (QED) is 0.0147. The molecule has 4 fully saturated rings. The van der Waals surface area contributed by atoms with Crippen LogP contribution in [0.3, 0.4) is 0 Å². The monoisotopic (exact) mass is 1620 g/mol. The van der Waals surface area contributed by atoms with Gasteiger partial charge in [0.05, 0.1) is 93.5 Å². The van der Waals surface area contributed by atoms with Gasteiger partial charge < -0.3 is 165 Å². The summed E-state index contributed by atoms with van der Waals surface area (Å²) in [6, 6.07) is -9.43. The van der Waals surface area contributed by atoms with E-state index in [4.69, 9.17) is 72.3 Å². The van der Waals surface area contributed by atoms with Crippen LogP contribution in [0.15, 0.2) is 23.3 Å². The number of hydrogen-bond donors (Lipinski definition) is 24. The first kappa shape index (κ1) is 88.6. The third-order valence-corrected chi connectivity index (χ3v) is 20.4. The fourth-order valence-corrected chi connectivity index (χ4v) is 13.6. The van der Waals surface area contributed by atoms with E-state index in [0.717, 1.165) is 62.1 Å². The lowest BCUT2D eigenvalue weighted by atomic mass is 9.97. The maximum absolute atomic E-state index is 15.3. The van der Waals surface area contributed by atoms with Gasteiger partial charge in [0.2, 0.25) is 29.5 Å². The van der Waals surface area contributed by atoms with Gasteiger partial charge in [-0.2, -0.15) is 0 Å². The van der Waals surface area contributed by atoms with Gasteiger partial charge in [-0.05, 0) is 41.0 Å². The zero-order valence-corrected chi connectivity index (χ0v) is 62.1. The number of nitrogen functional groups attached to an aromatic ring is 1. The summed E-state index contributed by atoms with van der Waals surface area (Å²) < 4.78 is 45.9. The standard InChI is InChI=1S/C63H97N19O27S2/c1-21-17-102-10-9-82(21)8-6-7-71-53(97)29-18-110-58(75-29)30-19-111-59(76-30)46(95)57(109-60-44(93)42(91)36(66)25(5)103-60)81-55(99)38(24(4)85)77-35(88)12-31(86)23(3)74-56(100)39(79-54(98)37-22(2)50(67)80-52(78-37)27(11-34(65)87)72-13-26(64)51(68)96)47(28-14-70-20-73-28)106-62-49(43(92)40(89)32(15-83)105-62)107-61-45(94)48(108-63(69)101)41(90)33(16-84)104-61/h14,18-21,23-27,31-33,36,38-49,57,60-62,72,83-86,89-95H,6-13,15-17,64,66H2,1-5H3,(H2,65,87)(H2,68,96)(H2,69,101)(H,70,73)(H,71,97)(H,74,100)(H,77,88)(H,79,98)(H,81,99)(H2,67,78,80). The molecule has 0 aliphatic carbocycles. The lowest BCUT2D eigenvalue weighted by Crippen LogP contribution is -2.65. The van der Waals surface area contributed by atoms with Gasteiger partial charge in [0, 0.05) is 55.0 Å². The van der Waals surface area contributed by atoms with Crippen LogP contribution in [-0.4, -0.2) is 332 Å². The number of hydrogen-bond acceptors (Lipinski definition) is 39. The molecule has 46 nitrogen and oxygen atoms in total. The molecule has 0 bridgehead atoms. The molecule has 0 radical (unpaired) electrons. The molecule has 8 heterocycles. The Hall–Kier alpha value is -7.97. The first-order valence-corrected chi connectivity index (χ1v) is 36.7. The van der Waals surface area contributed by atoms with Gasteiger partial charge in [-0.1, -0.05) is 0 Å². The van der Waals surface area contributed by atoms with Crippen molar-refractivity contribution in [2.75, 3.05) is 58.3 Å². The molecule has 26 unspecified atom stereocenters. The summed E-state index contributed by atoms with van der Waals surface area (Å²) in [5, 5.41) is 141. The Morgan fingerprint density at radius 2 is 1.46 bits per heavy atom. The fourth-order valence-electron chi connectivity index (χ4n) is 12.0. The van der Waals surface area contributed by atoms with Crippen molar-refractivity contribution in [1.29, 1.82) is 0 Å². The van der Waals surface area contributed by atoms with Crippen LogP contribution < -0.4 is 66.3 Å². The highest BCUT2D eigenvalue weighted by Gasteiger charge is 2.54. The average molecular weight is 1620 g/mol. The molecule has 4 aliphatic heterocycles. The number of aromatic nitrogens is 6. The Kier molecular flexibility index (Phi) is 32.1. The number of morpholine rings is 1. The highest BCUT2D eigenvalue weighted by molar-refractivity contribution is 7.14. The van der Waals surface area contributed by atoms with Crippen molar-refractivity contribution < 1.29 is 132 Å². The minimum Gasteiger partial charge on any atom is -0.441 e. The van der Waals surface area contributed by atoms with Crippen LogP contribution in [0.5, 0.6) is 0 Å². The number of aliphatic hydroxyl groups excluding tert-OH is 11. The molecular formula is C63H97N19O27S2. The SMILES string of the molecule is Cc1c(N)nc(C(CC(N)=O)NCC(N)C(N)=O)nc1C(=O)NC(C(=O)NC(C)C(O)CC(=O)NC(C(=O)NC(OC1OC(C)C(N)C(O)C1O)C(O)c1nc(-c2nc(C(=O)NCCCN3CCOCC3C)cs2)cs1)C(C)O)C(OC1OC(CO)C(O)C(O)C1OC1OC(CO)C(O)C(OC(N)=O)C1O)c1cnc[nH]1. The van der Waals surface area contributed by atoms with Gasteiger partial charge in [0.25, 0.3) is 11.8 Å². The second kappa shape index (κ2) is 40.2. The van der Waals surface area contributed by atoms with E-state index in [1.54, 1.807) is 0 Å². The number of thiazole rings is 2. The number of aliphatic hydroxyl groups is 11. The molecule has 0 saturated carbocycles. The largest absolute Gasteiger partial charge is 0.441 e. The Labute approximate surface area is 639 Å². The summed E-state index contributed by atoms with van der Waals surface area (Å²) in [4.78, 5) is 135. The van der Waals surface area contributed by atoms with Gasteiger partial charge in [-0.3, -0.25) is 38.5 Å². The van der Waals surface area contributed by atoms with E-state index in [0.29, 0.717) is 26.2 Å². The van der Waals surface area contributed by atoms with E-state index >= 15 is 9.59 Å². The number of amides is 8. The number of nitrogens with zero attached hydrogens (tertiary/aromatic N) is 6. The number of primary amides is 3. The Morgan fingerprint density at radius 3 is 2.11 bits per heavy atom. The molecule has 26 atom stereocenters. The summed E-state index contributed by atoms with van der Waals surface area (Å²) >= 11 is 1.91.